The number of likely N-dealkylation sites (N-methyl/N-ethyl adjacent to an activating group) is 1. The largest absolute Gasteiger partial charge is 0.382 e. The highest BCUT2D eigenvalue weighted by Gasteiger charge is 2.30. The fourth-order valence-corrected chi connectivity index (χ4v) is 3.61. The lowest BCUT2D eigenvalue weighted by molar-refractivity contribution is -0.125. The molecule has 2 heterocycles. The van der Waals surface area contributed by atoms with Crippen molar-refractivity contribution in [3.63, 3.8) is 0 Å². The Labute approximate surface area is 160 Å². The van der Waals surface area contributed by atoms with E-state index in [0.717, 1.165) is 49.8 Å². The lowest BCUT2D eigenvalue weighted by Crippen LogP contribution is -2.46. The number of oxime groups is 1. The van der Waals surface area contributed by atoms with Crippen LogP contribution in [0.3, 0.4) is 0 Å². The van der Waals surface area contributed by atoms with Crippen LogP contribution in [0.25, 0.3) is 0 Å². The van der Waals surface area contributed by atoms with Crippen LogP contribution in [0.1, 0.15) is 27.2 Å². The number of carbonyl (C=O) groups excluding carboxylic acids is 1. The molecule has 1 fully saturated rings. The van der Waals surface area contributed by atoms with Gasteiger partial charge in [0.2, 0.25) is 6.10 Å². The van der Waals surface area contributed by atoms with Gasteiger partial charge in [0, 0.05) is 32.6 Å². The summed E-state index contributed by atoms with van der Waals surface area (Å²) in [6.45, 7) is 11.1. The predicted molar refractivity (Wildman–Crippen MR) is 106 cm³/mol. The number of benzene rings is 1. The number of hydrogen-bond acceptors (Lipinski definition) is 5. The smallest absolute Gasteiger partial charge is 0.268 e. The molecule has 3 rings (SSSR count). The average molecular weight is 379 g/mol. The molecule has 1 atom stereocenters. The molecular weight excluding hydrogens is 352 g/mol. The third-order valence-corrected chi connectivity index (χ3v) is 5.34. The number of halogens is 1. The van der Waals surface area contributed by atoms with E-state index in [9.17, 15) is 4.79 Å². The van der Waals surface area contributed by atoms with Gasteiger partial charge >= 0.3 is 0 Å². The third kappa shape index (κ3) is 4.13. The molecule has 1 saturated heterocycles. The van der Waals surface area contributed by atoms with Crippen LogP contribution in [-0.2, 0) is 9.63 Å². The van der Waals surface area contributed by atoms with Crippen molar-refractivity contribution in [2.75, 3.05) is 42.9 Å². The van der Waals surface area contributed by atoms with Crippen LogP contribution < -0.4 is 10.2 Å². The van der Waals surface area contributed by atoms with E-state index in [2.05, 4.69) is 27.2 Å². The Bertz CT molecular complexity index is 684. The minimum Gasteiger partial charge on any atom is -0.382 e. The summed E-state index contributed by atoms with van der Waals surface area (Å²) in [4.78, 5) is 22.6. The molecule has 1 aromatic rings. The van der Waals surface area contributed by atoms with Crippen LogP contribution in [0.5, 0.6) is 0 Å². The number of nitrogens with zero attached hydrogens (tertiary/aromatic N) is 3. The normalized spacial score (nSPS) is 20.9. The van der Waals surface area contributed by atoms with Crippen molar-refractivity contribution in [1.29, 1.82) is 0 Å². The Hall–Kier alpha value is -1.79. The van der Waals surface area contributed by atoms with Crippen molar-refractivity contribution in [3.05, 3.63) is 23.2 Å². The Morgan fingerprint density at radius 2 is 2.08 bits per heavy atom. The van der Waals surface area contributed by atoms with E-state index in [0.29, 0.717) is 11.4 Å². The molecule has 0 aromatic heterocycles. The van der Waals surface area contributed by atoms with Gasteiger partial charge in [-0.05, 0) is 24.6 Å². The van der Waals surface area contributed by atoms with Crippen molar-refractivity contribution in [2.45, 2.75) is 33.3 Å². The molecule has 2 aliphatic rings. The molecule has 6 nitrogen and oxygen atoms in total. The molecule has 2 aliphatic heterocycles. The highest BCUT2D eigenvalue weighted by Crippen LogP contribution is 2.35. The highest BCUT2D eigenvalue weighted by molar-refractivity contribution is 6.34. The molecule has 26 heavy (non-hydrogen) atoms. The minimum atomic E-state index is -0.573. The Morgan fingerprint density at radius 3 is 2.69 bits per heavy atom. The van der Waals surface area contributed by atoms with Crippen molar-refractivity contribution < 1.29 is 9.63 Å². The lowest BCUT2D eigenvalue weighted by Gasteiger charge is -2.36. The van der Waals surface area contributed by atoms with Gasteiger partial charge in [-0.2, -0.15) is 0 Å². The first-order valence-corrected chi connectivity index (χ1v) is 9.66. The first-order valence-electron chi connectivity index (χ1n) is 9.28. The quantitative estimate of drug-likeness (QED) is 0.854. The summed E-state index contributed by atoms with van der Waals surface area (Å²) in [6.07, 6.45) is -0.0367. The number of piperazine rings is 1. The monoisotopic (exact) mass is 378 g/mol. The molecule has 1 aromatic carbocycles. The predicted octanol–water partition coefficient (Wildman–Crippen LogP) is 3.22. The van der Waals surface area contributed by atoms with E-state index >= 15 is 0 Å². The first kappa shape index (κ1) is 19.0. The van der Waals surface area contributed by atoms with E-state index in [1.165, 1.54) is 0 Å². The van der Waals surface area contributed by atoms with Gasteiger partial charge in [-0.25, -0.2) is 0 Å². The fourth-order valence-electron chi connectivity index (χ4n) is 3.32. The summed E-state index contributed by atoms with van der Waals surface area (Å²) in [6, 6.07) is 5.62. The zero-order chi connectivity index (χ0) is 18.7. The molecule has 0 spiro atoms. The van der Waals surface area contributed by atoms with E-state index in [-0.39, 0.29) is 11.8 Å². The summed E-state index contributed by atoms with van der Waals surface area (Å²) >= 11 is 6.48. The van der Waals surface area contributed by atoms with Crippen LogP contribution in [-0.4, -0.2) is 55.3 Å². The SMILES string of the molecule is CCN1CCN(c2c(Cl)cccc2NC(=O)C2CC(C(C)C)=NO2)CC1. The Balaban J connectivity index is 1.71. The second-order valence-electron chi connectivity index (χ2n) is 7.08. The average Bonchev–Trinajstić information content (AvgIpc) is 3.13. The number of rotatable bonds is 5. The van der Waals surface area contributed by atoms with Crippen LogP contribution in [0.15, 0.2) is 23.4 Å². The number of hydrogen-bond donors (Lipinski definition) is 1. The number of anilines is 2. The van der Waals surface area contributed by atoms with Crippen LogP contribution >= 0.6 is 11.6 Å². The molecule has 0 saturated carbocycles. The van der Waals surface area contributed by atoms with Gasteiger partial charge in [-0.3, -0.25) is 4.79 Å². The van der Waals surface area contributed by atoms with Crippen LogP contribution in [0.4, 0.5) is 11.4 Å². The molecule has 1 unspecified atom stereocenters. The molecule has 1 N–H and O–H groups in total. The summed E-state index contributed by atoms with van der Waals surface area (Å²) in [5.74, 6) is 0.101. The van der Waals surface area contributed by atoms with E-state index in [1.54, 1.807) is 0 Å². The third-order valence-electron chi connectivity index (χ3n) is 5.03. The summed E-state index contributed by atoms with van der Waals surface area (Å²) in [5, 5.41) is 7.69. The fraction of sp³-hybridized carbons (Fsp3) is 0.579. The molecular formula is C19H27ClN4O2. The zero-order valence-corrected chi connectivity index (χ0v) is 16.4. The second-order valence-corrected chi connectivity index (χ2v) is 7.49. The van der Waals surface area contributed by atoms with E-state index in [1.807, 2.05) is 32.0 Å². The Kier molecular flexibility index (Phi) is 6.04. The summed E-state index contributed by atoms with van der Waals surface area (Å²) in [7, 11) is 0. The van der Waals surface area contributed by atoms with Crippen molar-refractivity contribution >= 4 is 34.6 Å². The highest BCUT2D eigenvalue weighted by atomic mass is 35.5. The van der Waals surface area contributed by atoms with Crippen LogP contribution in [0, 0.1) is 5.92 Å². The maximum atomic E-state index is 12.6. The molecule has 142 valence electrons. The van der Waals surface area contributed by atoms with Gasteiger partial charge < -0.3 is 20.0 Å². The van der Waals surface area contributed by atoms with Gasteiger partial charge in [0.1, 0.15) is 0 Å². The maximum absolute atomic E-state index is 12.6. The van der Waals surface area contributed by atoms with Gasteiger partial charge in [0.25, 0.3) is 5.91 Å². The topological polar surface area (TPSA) is 57.2 Å². The van der Waals surface area contributed by atoms with E-state index < -0.39 is 6.10 Å². The summed E-state index contributed by atoms with van der Waals surface area (Å²) in [5.41, 5.74) is 2.54. The standard InChI is InChI=1S/C19H27ClN4O2/c1-4-23-8-10-24(11-9-23)18-14(20)6-5-7-15(18)21-19(25)17-12-16(13(2)3)22-26-17/h5-7,13,17H,4,8-12H2,1-3H3,(H,21,25). The van der Waals surface area contributed by atoms with Gasteiger partial charge in [-0.15, -0.1) is 0 Å². The lowest BCUT2D eigenvalue weighted by atomic mass is 10.0. The second kappa shape index (κ2) is 8.27. The molecule has 0 radical (unpaired) electrons. The Morgan fingerprint density at radius 1 is 1.35 bits per heavy atom. The van der Waals surface area contributed by atoms with Gasteiger partial charge in [0.05, 0.1) is 22.1 Å². The van der Waals surface area contributed by atoms with Gasteiger partial charge in [-0.1, -0.05) is 43.6 Å². The first-order chi connectivity index (χ1) is 12.5. The maximum Gasteiger partial charge on any atom is 0.268 e. The summed E-state index contributed by atoms with van der Waals surface area (Å²) < 4.78 is 0. The van der Waals surface area contributed by atoms with Crippen LogP contribution in [0.2, 0.25) is 5.02 Å². The minimum absolute atomic E-state index is 0.180. The van der Waals surface area contributed by atoms with Crippen molar-refractivity contribution in [1.82, 2.24) is 4.90 Å². The number of carbonyl (C=O) groups is 1. The molecule has 7 heteroatoms. The molecule has 0 aliphatic carbocycles. The van der Waals surface area contributed by atoms with E-state index in [4.69, 9.17) is 16.4 Å². The van der Waals surface area contributed by atoms with Gasteiger partial charge in [0.15, 0.2) is 0 Å². The molecule has 0 bridgehead atoms. The van der Waals surface area contributed by atoms with Crippen molar-refractivity contribution in [3.8, 4) is 0 Å². The van der Waals surface area contributed by atoms with Crippen molar-refractivity contribution in [2.24, 2.45) is 11.1 Å². The number of nitrogens with one attached hydrogen (secondary N) is 1. The zero-order valence-electron chi connectivity index (χ0n) is 15.7. The number of amides is 1. The number of para-hydroxylation sites is 1. The molecule has 1 amide bonds.